The first-order valence-corrected chi connectivity index (χ1v) is 9.86. The molecule has 0 radical (unpaired) electrons. The number of hydrogen-bond donors (Lipinski definition) is 1. The van der Waals surface area contributed by atoms with Crippen molar-refractivity contribution in [2.45, 2.75) is 45.1 Å². The molecule has 0 aliphatic rings. The maximum Gasteiger partial charge on any atom is 0.471 e. The first-order valence-electron chi connectivity index (χ1n) is 6.95. The van der Waals surface area contributed by atoms with Crippen molar-refractivity contribution in [2.24, 2.45) is 0 Å². The summed E-state index contributed by atoms with van der Waals surface area (Å²) in [7, 11) is -2.35. The van der Waals surface area contributed by atoms with Crippen LogP contribution in [0.25, 0.3) is 0 Å². The van der Waals surface area contributed by atoms with Gasteiger partial charge in [-0.25, -0.2) is 4.79 Å². The minimum atomic E-state index is -4.99. The van der Waals surface area contributed by atoms with Gasteiger partial charge in [0.25, 0.3) is 8.32 Å². The summed E-state index contributed by atoms with van der Waals surface area (Å²) in [6.07, 6.45) is -4.99. The molecule has 1 rings (SSSR count). The Morgan fingerprint density at radius 3 is 2.17 bits per heavy atom. The predicted octanol–water partition coefficient (Wildman–Crippen LogP) is 4.35. The molecule has 1 aromatic carbocycles. The first-order chi connectivity index (χ1) is 10.2. The zero-order chi connectivity index (χ0) is 18.1. The van der Waals surface area contributed by atoms with Crippen LogP contribution < -0.4 is 5.32 Å². The number of rotatable bonds is 3. The lowest BCUT2D eigenvalue weighted by Crippen LogP contribution is -2.42. The molecule has 0 bridgehead atoms. The summed E-state index contributed by atoms with van der Waals surface area (Å²) in [6.45, 7) is 9.67. The number of carbonyl (C=O) groups excluding carboxylic acids is 2. The van der Waals surface area contributed by atoms with E-state index in [0.717, 1.165) is 0 Å². The van der Waals surface area contributed by atoms with E-state index in [2.05, 4.69) is 0 Å². The lowest BCUT2D eigenvalue weighted by atomic mass is 10.2. The van der Waals surface area contributed by atoms with Gasteiger partial charge in [0.1, 0.15) is 0 Å². The van der Waals surface area contributed by atoms with Crippen molar-refractivity contribution in [1.82, 2.24) is 0 Å². The standard InChI is InChI=1S/C15H20F3NO3Si/c1-14(2,3)23(4,5)22-12(20)10-7-6-8-11(9-10)19-13(21)15(16,17)18/h6-9H,1-5H3,(H,19,21). The Morgan fingerprint density at radius 1 is 1.13 bits per heavy atom. The molecule has 0 heterocycles. The van der Waals surface area contributed by atoms with Crippen molar-refractivity contribution in [3.8, 4) is 0 Å². The lowest BCUT2D eigenvalue weighted by Gasteiger charge is -2.35. The summed E-state index contributed by atoms with van der Waals surface area (Å²) in [5, 5.41) is 1.52. The first kappa shape index (κ1) is 19.2. The van der Waals surface area contributed by atoms with Crippen molar-refractivity contribution in [3.05, 3.63) is 29.8 Å². The van der Waals surface area contributed by atoms with E-state index in [9.17, 15) is 22.8 Å². The van der Waals surface area contributed by atoms with Crippen LogP contribution in [0.4, 0.5) is 18.9 Å². The van der Waals surface area contributed by atoms with E-state index in [0.29, 0.717) is 0 Å². The maximum atomic E-state index is 12.2. The molecular weight excluding hydrogens is 327 g/mol. The van der Waals surface area contributed by atoms with Gasteiger partial charge in [-0.15, -0.1) is 0 Å². The van der Waals surface area contributed by atoms with Gasteiger partial charge in [0, 0.05) is 5.69 Å². The van der Waals surface area contributed by atoms with Crippen molar-refractivity contribution >= 4 is 25.9 Å². The third-order valence-corrected chi connectivity index (χ3v) is 8.08. The second kappa shape index (κ2) is 6.35. The number of nitrogens with one attached hydrogen (secondary N) is 1. The lowest BCUT2D eigenvalue weighted by molar-refractivity contribution is -0.167. The number of amides is 1. The molecular formula is C15H20F3NO3Si. The number of benzene rings is 1. The fourth-order valence-corrected chi connectivity index (χ4v) is 2.26. The molecule has 1 aromatic rings. The van der Waals surface area contributed by atoms with E-state index in [1.165, 1.54) is 24.3 Å². The zero-order valence-corrected chi connectivity index (χ0v) is 14.7. The van der Waals surface area contributed by atoms with Crippen LogP contribution in [0, 0.1) is 0 Å². The largest absolute Gasteiger partial charge is 0.516 e. The normalized spacial score (nSPS) is 12.7. The summed E-state index contributed by atoms with van der Waals surface area (Å²) in [5.74, 6) is -2.70. The molecule has 23 heavy (non-hydrogen) atoms. The van der Waals surface area contributed by atoms with Gasteiger partial charge in [0.05, 0.1) is 5.56 Å². The highest BCUT2D eigenvalue weighted by Crippen LogP contribution is 2.37. The minimum absolute atomic E-state index is 0.0924. The Labute approximate surface area is 134 Å². The Bertz CT molecular complexity index is 607. The predicted molar refractivity (Wildman–Crippen MR) is 83.7 cm³/mol. The minimum Gasteiger partial charge on any atom is -0.516 e. The Balaban J connectivity index is 2.93. The molecule has 0 aliphatic carbocycles. The Hall–Kier alpha value is -1.83. The zero-order valence-electron chi connectivity index (χ0n) is 13.7. The average Bonchev–Trinajstić information content (AvgIpc) is 2.36. The summed E-state index contributed by atoms with van der Waals surface area (Å²) in [5.41, 5.74) is -0.0215. The van der Waals surface area contributed by atoms with Crippen LogP contribution in [-0.2, 0) is 9.22 Å². The molecule has 0 unspecified atom stereocenters. The monoisotopic (exact) mass is 347 g/mol. The van der Waals surface area contributed by atoms with Crippen molar-refractivity contribution < 1.29 is 27.2 Å². The Morgan fingerprint density at radius 2 is 1.70 bits per heavy atom. The molecule has 0 aliphatic heterocycles. The van der Waals surface area contributed by atoms with Crippen LogP contribution >= 0.6 is 0 Å². The molecule has 0 saturated heterocycles. The van der Waals surface area contributed by atoms with Gasteiger partial charge in [0.15, 0.2) is 0 Å². The van der Waals surface area contributed by atoms with Crippen LogP contribution in [0.1, 0.15) is 31.1 Å². The van der Waals surface area contributed by atoms with Gasteiger partial charge in [-0.05, 0) is 36.3 Å². The summed E-state index contributed by atoms with van der Waals surface area (Å²) < 4.78 is 42.3. The SMILES string of the molecule is CC(C)(C)[Si](C)(C)OC(=O)c1cccc(NC(=O)C(F)(F)F)c1. The van der Waals surface area contributed by atoms with Gasteiger partial charge in [-0.3, -0.25) is 4.79 Å². The number of alkyl halides is 3. The average molecular weight is 347 g/mol. The second-order valence-electron chi connectivity index (χ2n) is 6.68. The molecule has 128 valence electrons. The molecule has 8 heteroatoms. The van der Waals surface area contributed by atoms with Crippen LogP contribution in [0.2, 0.25) is 18.1 Å². The van der Waals surface area contributed by atoms with Crippen LogP contribution in [0.5, 0.6) is 0 Å². The van der Waals surface area contributed by atoms with E-state index in [4.69, 9.17) is 4.43 Å². The smallest absolute Gasteiger partial charge is 0.471 e. The van der Waals surface area contributed by atoms with Crippen LogP contribution in [-0.4, -0.2) is 26.4 Å². The highest BCUT2D eigenvalue weighted by atomic mass is 28.4. The van der Waals surface area contributed by atoms with E-state index in [-0.39, 0.29) is 16.3 Å². The fraction of sp³-hybridized carbons (Fsp3) is 0.467. The van der Waals surface area contributed by atoms with Crippen LogP contribution in [0.3, 0.4) is 0 Å². The van der Waals surface area contributed by atoms with E-state index in [1.807, 2.05) is 33.9 Å². The van der Waals surface area contributed by atoms with Gasteiger partial charge in [-0.1, -0.05) is 26.8 Å². The van der Waals surface area contributed by atoms with Crippen molar-refractivity contribution in [3.63, 3.8) is 0 Å². The van der Waals surface area contributed by atoms with E-state index < -0.39 is 26.4 Å². The number of hydrogen-bond acceptors (Lipinski definition) is 3. The van der Waals surface area contributed by atoms with Crippen molar-refractivity contribution in [1.29, 1.82) is 0 Å². The summed E-state index contributed by atoms with van der Waals surface area (Å²) in [4.78, 5) is 23.1. The topological polar surface area (TPSA) is 55.4 Å². The number of anilines is 1. The quantitative estimate of drug-likeness (QED) is 0.827. The second-order valence-corrected chi connectivity index (χ2v) is 11.4. The van der Waals surface area contributed by atoms with Crippen LogP contribution in [0.15, 0.2) is 24.3 Å². The molecule has 0 fully saturated rings. The highest BCUT2D eigenvalue weighted by Gasteiger charge is 2.41. The van der Waals surface area contributed by atoms with E-state index in [1.54, 1.807) is 5.32 Å². The van der Waals surface area contributed by atoms with Gasteiger partial charge < -0.3 is 9.74 Å². The fourth-order valence-electron chi connectivity index (χ4n) is 1.37. The van der Waals surface area contributed by atoms with Crippen molar-refractivity contribution in [2.75, 3.05) is 5.32 Å². The molecule has 0 atom stereocenters. The Kier molecular flexibility index (Phi) is 5.30. The third kappa shape index (κ3) is 5.09. The number of halogens is 3. The summed E-state index contributed by atoms with van der Waals surface area (Å²) in [6, 6.07) is 5.25. The maximum absolute atomic E-state index is 12.2. The highest BCUT2D eigenvalue weighted by molar-refractivity contribution is 6.75. The van der Waals surface area contributed by atoms with Gasteiger partial charge >= 0.3 is 18.1 Å². The number of carbonyl (C=O) groups is 2. The third-order valence-electron chi connectivity index (χ3n) is 3.77. The van der Waals surface area contributed by atoms with Gasteiger partial charge in [0.2, 0.25) is 0 Å². The molecule has 1 N–H and O–H groups in total. The van der Waals surface area contributed by atoms with Gasteiger partial charge in [-0.2, -0.15) is 13.2 Å². The summed E-state index contributed by atoms with van der Waals surface area (Å²) >= 11 is 0. The molecule has 0 spiro atoms. The molecule has 1 amide bonds. The van der Waals surface area contributed by atoms with E-state index >= 15 is 0 Å². The molecule has 0 saturated carbocycles. The molecule has 0 aromatic heterocycles. The molecule has 4 nitrogen and oxygen atoms in total.